The SMILES string of the molecule is C1=NC(c2ncnc3ccccc23)c2ccccc2N1. The first-order valence-electron chi connectivity index (χ1n) is 6.50. The van der Waals surface area contributed by atoms with Crippen molar-refractivity contribution in [3.63, 3.8) is 0 Å². The summed E-state index contributed by atoms with van der Waals surface area (Å²) in [5.41, 5.74) is 4.11. The molecule has 1 aromatic heterocycles. The summed E-state index contributed by atoms with van der Waals surface area (Å²) < 4.78 is 0. The lowest BCUT2D eigenvalue weighted by molar-refractivity contribution is 0.834. The van der Waals surface area contributed by atoms with Crippen LogP contribution >= 0.6 is 0 Å². The van der Waals surface area contributed by atoms with Crippen LogP contribution in [-0.4, -0.2) is 16.3 Å². The zero-order valence-electron chi connectivity index (χ0n) is 10.7. The van der Waals surface area contributed by atoms with Crippen LogP contribution in [0.1, 0.15) is 17.3 Å². The second kappa shape index (κ2) is 4.42. The van der Waals surface area contributed by atoms with Gasteiger partial charge in [-0.1, -0.05) is 36.4 Å². The normalized spacial score (nSPS) is 16.7. The number of hydrogen-bond acceptors (Lipinski definition) is 4. The Morgan fingerprint density at radius 1 is 0.900 bits per heavy atom. The van der Waals surface area contributed by atoms with Gasteiger partial charge in [-0.2, -0.15) is 0 Å². The van der Waals surface area contributed by atoms with Crippen molar-refractivity contribution < 1.29 is 0 Å². The monoisotopic (exact) mass is 260 g/mol. The van der Waals surface area contributed by atoms with Gasteiger partial charge in [0.1, 0.15) is 12.4 Å². The van der Waals surface area contributed by atoms with Crippen LogP contribution in [0.2, 0.25) is 0 Å². The first-order valence-corrected chi connectivity index (χ1v) is 6.50. The number of anilines is 1. The largest absolute Gasteiger partial charge is 0.346 e. The van der Waals surface area contributed by atoms with E-state index in [0.717, 1.165) is 27.8 Å². The van der Waals surface area contributed by atoms with Crippen molar-refractivity contribution in [3.05, 3.63) is 66.1 Å². The Morgan fingerprint density at radius 2 is 1.75 bits per heavy atom. The third-order valence-electron chi connectivity index (χ3n) is 3.53. The van der Waals surface area contributed by atoms with Gasteiger partial charge in [0.15, 0.2) is 0 Å². The van der Waals surface area contributed by atoms with E-state index in [9.17, 15) is 0 Å². The van der Waals surface area contributed by atoms with E-state index >= 15 is 0 Å². The zero-order valence-corrected chi connectivity index (χ0v) is 10.7. The number of para-hydroxylation sites is 2. The number of nitrogens with zero attached hydrogens (tertiary/aromatic N) is 3. The van der Waals surface area contributed by atoms with Crippen molar-refractivity contribution in [2.24, 2.45) is 4.99 Å². The average Bonchev–Trinajstić information content (AvgIpc) is 2.54. The minimum absolute atomic E-state index is 0.0830. The number of benzene rings is 2. The molecule has 0 radical (unpaired) electrons. The molecule has 0 fully saturated rings. The van der Waals surface area contributed by atoms with Crippen LogP contribution in [-0.2, 0) is 0 Å². The predicted octanol–water partition coefficient (Wildman–Crippen LogP) is 3.17. The third-order valence-corrected chi connectivity index (χ3v) is 3.53. The molecule has 1 atom stereocenters. The molecule has 1 unspecified atom stereocenters. The maximum atomic E-state index is 4.56. The first kappa shape index (κ1) is 11.1. The highest BCUT2D eigenvalue weighted by molar-refractivity contribution is 5.85. The van der Waals surface area contributed by atoms with Gasteiger partial charge < -0.3 is 5.32 Å². The van der Waals surface area contributed by atoms with Gasteiger partial charge in [0.2, 0.25) is 0 Å². The zero-order chi connectivity index (χ0) is 13.4. The molecule has 96 valence electrons. The predicted molar refractivity (Wildman–Crippen MR) is 79.9 cm³/mol. The Bertz CT molecular complexity index is 805. The summed E-state index contributed by atoms with van der Waals surface area (Å²) in [4.78, 5) is 13.4. The lowest BCUT2D eigenvalue weighted by atomic mass is 9.98. The molecule has 0 saturated heterocycles. The minimum Gasteiger partial charge on any atom is -0.346 e. The van der Waals surface area contributed by atoms with E-state index in [4.69, 9.17) is 0 Å². The molecule has 0 spiro atoms. The molecule has 0 aliphatic carbocycles. The van der Waals surface area contributed by atoms with Gasteiger partial charge in [0, 0.05) is 16.6 Å². The molecule has 2 heterocycles. The maximum absolute atomic E-state index is 4.56. The molecule has 0 saturated carbocycles. The summed E-state index contributed by atoms with van der Waals surface area (Å²) in [6.07, 6.45) is 3.35. The van der Waals surface area contributed by atoms with E-state index in [2.05, 4.69) is 32.4 Å². The fourth-order valence-corrected chi connectivity index (χ4v) is 2.59. The van der Waals surface area contributed by atoms with Gasteiger partial charge in [-0.25, -0.2) is 9.97 Å². The summed E-state index contributed by atoms with van der Waals surface area (Å²) in [7, 11) is 0. The van der Waals surface area contributed by atoms with Gasteiger partial charge in [-0.3, -0.25) is 4.99 Å². The standard InChI is InChI=1S/C16H12N4/c1-3-7-13-11(5-1)15(19-9-17-13)16-12-6-2-4-8-14(12)18-10-20-16/h1-10,15H,(H,17,19). The molecular weight excluding hydrogens is 248 g/mol. The number of rotatable bonds is 1. The van der Waals surface area contributed by atoms with Crippen LogP contribution in [0, 0.1) is 0 Å². The Balaban J connectivity index is 1.96. The quantitative estimate of drug-likeness (QED) is 0.731. The summed E-state index contributed by atoms with van der Waals surface area (Å²) in [5, 5.41) is 4.23. The fourth-order valence-electron chi connectivity index (χ4n) is 2.59. The molecule has 0 amide bonds. The smallest absolute Gasteiger partial charge is 0.121 e. The average molecular weight is 260 g/mol. The summed E-state index contributed by atoms with van der Waals surface area (Å²) >= 11 is 0. The Morgan fingerprint density at radius 3 is 2.75 bits per heavy atom. The second-order valence-corrected chi connectivity index (χ2v) is 4.69. The Labute approximate surface area is 116 Å². The van der Waals surface area contributed by atoms with Crippen molar-refractivity contribution in [1.29, 1.82) is 0 Å². The molecular formula is C16H12N4. The van der Waals surface area contributed by atoms with Gasteiger partial charge in [-0.15, -0.1) is 0 Å². The fraction of sp³-hybridized carbons (Fsp3) is 0.0625. The highest BCUT2D eigenvalue weighted by Crippen LogP contribution is 2.35. The third kappa shape index (κ3) is 1.66. The van der Waals surface area contributed by atoms with Crippen molar-refractivity contribution in [1.82, 2.24) is 9.97 Å². The lowest BCUT2D eigenvalue weighted by Gasteiger charge is -2.21. The molecule has 1 aliphatic heterocycles. The van der Waals surface area contributed by atoms with Gasteiger partial charge in [0.05, 0.1) is 17.5 Å². The molecule has 1 aliphatic rings. The van der Waals surface area contributed by atoms with Crippen molar-refractivity contribution in [2.75, 3.05) is 5.32 Å². The minimum atomic E-state index is -0.0830. The number of fused-ring (bicyclic) bond motifs is 2. The summed E-state index contributed by atoms with van der Waals surface area (Å²) in [6.45, 7) is 0. The maximum Gasteiger partial charge on any atom is 0.121 e. The number of hydrogen-bond donors (Lipinski definition) is 1. The molecule has 20 heavy (non-hydrogen) atoms. The van der Waals surface area contributed by atoms with E-state index in [1.807, 2.05) is 36.4 Å². The summed E-state index contributed by atoms with van der Waals surface area (Å²) in [6, 6.07) is 16.1. The second-order valence-electron chi connectivity index (χ2n) is 4.69. The van der Waals surface area contributed by atoms with Crippen LogP contribution in [0.5, 0.6) is 0 Å². The van der Waals surface area contributed by atoms with Crippen LogP contribution in [0.3, 0.4) is 0 Å². The van der Waals surface area contributed by atoms with Gasteiger partial charge in [-0.05, 0) is 12.1 Å². The van der Waals surface area contributed by atoms with E-state index in [0.29, 0.717) is 0 Å². The first-order chi connectivity index (χ1) is 9.93. The molecule has 3 aromatic rings. The molecule has 4 rings (SSSR count). The van der Waals surface area contributed by atoms with E-state index in [-0.39, 0.29) is 6.04 Å². The molecule has 4 nitrogen and oxygen atoms in total. The molecule has 2 aromatic carbocycles. The van der Waals surface area contributed by atoms with Crippen LogP contribution in [0.4, 0.5) is 5.69 Å². The number of nitrogens with one attached hydrogen (secondary N) is 1. The van der Waals surface area contributed by atoms with E-state index in [1.54, 1.807) is 12.7 Å². The van der Waals surface area contributed by atoms with Gasteiger partial charge >= 0.3 is 0 Å². The van der Waals surface area contributed by atoms with E-state index in [1.165, 1.54) is 0 Å². The highest BCUT2D eigenvalue weighted by atomic mass is 15.0. The van der Waals surface area contributed by atoms with Crippen LogP contribution in [0.15, 0.2) is 59.9 Å². The van der Waals surface area contributed by atoms with Crippen LogP contribution < -0.4 is 5.32 Å². The molecule has 0 bridgehead atoms. The van der Waals surface area contributed by atoms with Gasteiger partial charge in [0.25, 0.3) is 0 Å². The number of aliphatic imine (C=N–C) groups is 1. The summed E-state index contributed by atoms with van der Waals surface area (Å²) in [5.74, 6) is 0. The molecule has 4 heteroatoms. The van der Waals surface area contributed by atoms with Crippen LogP contribution in [0.25, 0.3) is 10.9 Å². The highest BCUT2D eigenvalue weighted by Gasteiger charge is 2.22. The number of aromatic nitrogens is 2. The Hall–Kier alpha value is -2.75. The van der Waals surface area contributed by atoms with Crippen molar-refractivity contribution in [2.45, 2.75) is 6.04 Å². The molecule has 1 N–H and O–H groups in total. The lowest BCUT2D eigenvalue weighted by Crippen LogP contribution is -2.12. The Kier molecular flexibility index (Phi) is 2.45. The topological polar surface area (TPSA) is 50.2 Å². The van der Waals surface area contributed by atoms with E-state index < -0.39 is 0 Å². The van der Waals surface area contributed by atoms with Crippen molar-refractivity contribution >= 4 is 22.9 Å². The van der Waals surface area contributed by atoms with Crippen molar-refractivity contribution in [3.8, 4) is 0 Å².